The number of allylic oxidation sites excluding steroid dienone is 2. The number of rotatable bonds is 3. The average Bonchev–Trinajstić information content (AvgIpc) is 2.04. The molecule has 1 rings (SSSR count). The van der Waals surface area contributed by atoms with E-state index in [2.05, 4.69) is 12.6 Å². The van der Waals surface area contributed by atoms with Crippen LogP contribution in [0.5, 0.6) is 0 Å². The Hall–Kier alpha value is 0.450. The van der Waals surface area contributed by atoms with E-state index in [-0.39, 0.29) is 5.75 Å². The van der Waals surface area contributed by atoms with E-state index in [0.29, 0.717) is 17.5 Å². The lowest BCUT2D eigenvalue weighted by atomic mass is 10.00. The van der Waals surface area contributed by atoms with Crippen LogP contribution in [0.15, 0.2) is 9.94 Å². The first-order chi connectivity index (χ1) is 5.85. The second-order valence-corrected chi connectivity index (χ2v) is 4.29. The third kappa shape index (κ3) is 1.57. The minimum atomic E-state index is -4.19. The molecule has 0 heterocycles. The van der Waals surface area contributed by atoms with Crippen molar-refractivity contribution >= 4 is 36.0 Å². The van der Waals surface area contributed by atoms with E-state index in [1.54, 1.807) is 0 Å². The summed E-state index contributed by atoms with van der Waals surface area (Å²) >= 11 is 9.42. The summed E-state index contributed by atoms with van der Waals surface area (Å²) in [7, 11) is 0. The summed E-state index contributed by atoms with van der Waals surface area (Å²) < 4.78 is 50.1. The SMILES string of the molecule is FC1(F)C(Cl)=C(SCCS)C1(F)F. The second-order valence-electron chi connectivity index (χ2n) is 2.36. The molecule has 0 fully saturated rings. The van der Waals surface area contributed by atoms with Crippen molar-refractivity contribution in [3.8, 4) is 0 Å². The molecule has 0 saturated carbocycles. The van der Waals surface area contributed by atoms with Gasteiger partial charge in [-0.15, -0.1) is 11.8 Å². The van der Waals surface area contributed by atoms with Crippen molar-refractivity contribution in [2.24, 2.45) is 0 Å². The fourth-order valence-corrected chi connectivity index (χ4v) is 2.33. The van der Waals surface area contributed by atoms with E-state index in [0.717, 1.165) is 0 Å². The molecule has 0 nitrogen and oxygen atoms in total. The van der Waals surface area contributed by atoms with Crippen molar-refractivity contribution < 1.29 is 17.6 Å². The third-order valence-electron chi connectivity index (χ3n) is 1.49. The Morgan fingerprint density at radius 3 is 2.15 bits per heavy atom. The standard InChI is InChI=1S/C6H5ClF4S2/c7-3-4(13-2-1-12)6(10,11)5(3,8)9/h12H,1-2H2. The molecule has 0 N–H and O–H groups in total. The van der Waals surface area contributed by atoms with E-state index in [1.807, 2.05) is 0 Å². The van der Waals surface area contributed by atoms with Gasteiger partial charge in [-0.1, -0.05) is 11.6 Å². The Balaban J connectivity index is 2.81. The monoisotopic (exact) mass is 252 g/mol. The summed E-state index contributed by atoms with van der Waals surface area (Å²) in [6, 6.07) is 0. The molecule has 1 aliphatic rings. The summed E-state index contributed by atoms with van der Waals surface area (Å²) in [6.07, 6.45) is 0. The van der Waals surface area contributed by atoms with Crippen molar-refractivity contribution in [1.29, 1.82) is 0 Å². The van der Waals surface area contributed by atoms with Crippen molar-refractivity contribution in [3.63, 3.8) is 0 Å². The number of alkyl halides is 4. The Morgan fingerprint density at radius 1 is 1.23 bits per heavy atom. The number of halogens is 5. The molecular formula is C6H5ClF4S2. The first-order valence-corrected chi connectivity index (χ1v) is 5.25. The molecule has 13 heavy (non-hydrogen) atoms. The molecule has 0 spiro atoms. The van der Waals surface area contributed by atoms with Crippen molar-refractivity contribution in [2.45, 2.75) is 11.8 Å². The number of thioether (sulfide) groups is 1. The van der Waals surface area contributed by atoms with Gasteiger partial charge in [0.05, 0.1) is 4.91 Å². The fraction of sp³-hybridized carbons (Fsp3) is 0.667. The van der Waals surface area contributed by atoms with E-state index in [4.69, 9.17) is 11.6 Å². The van der Waals surface area contributed by atoms with Gasteiger partial charge in [-0.3, -0.25) is 0 Å². The van der Waals surface area contributed by atoms with Crippen LogP contribution in [0.1, 0.15) is 0 Å². The number of hydrogen-bond acceptors (Lipinski definition) is 2. The molecule has 1 aliphatic carbocycles. The highest BCUT2D eigenvalue weighted by Gasteiger charge is 2.71. The Kier molecular flexibility index (Phi) is 3.14. The van der Waals surface area contributed by atoms with Gasteiger partial charge in [-0.25, -0.2) is 0 Å². The molecule has 0 aliphatic heterocycles. The van der Waals surface area contributed by atoms with Gasteiger partial charge in [-0.05, 0) is 5.75 Å². The number of hydrogen-bond donors (Lipinski definition) is 1. The molecule has 0 radical (unpaired) electrons. The maximum absolute atomic E-state index is 12.6. The lowest BCUT2D eigenvalue weighted by Gasteiger charge is -2.37. The van der Waals surface area contributed by atoms with Crippen LogP contribution < -0.4 is 0 Å². The summed E-state index contributed by atoms with van der Waals surface area (Å²) in [5.41, 5.74) is 0. The zero-order valence-corrected chi connectivity index (χ0v) is 8.63. The predicted molar refractivity (Wildman–Crippen MR) is 49.1 cm³/mol. The summed E-state index contributed by atoms with van der Waals surface area (Å²) in [5.74, 6) is -7.72. The van der Waals surface area contributed by atoms with Crippen LogP contribution in [0, 0.1) is 0 Å². The molecular weight excluding hydrogens is 248 g/mol. The molecule has 0 aromatic rings. The van der Waals surface area contributed by atoms with E-state index in [9.17, 15) is 17.6 Å². The Labute approximate surface area is 87.1 Å². The van der Waals surface area contributed by atoms with Crippen molar-refractivity contribution in [3.05, 3.63) is 9.94 Å². The van der Waals surface area contributed by atoms with Gasteiger partial charge >= 0.3 is 11.8 Å². The molecule has 7 heteroatoms. The smallest absolute Gasteiger partial charge is 0.193 e. The van der Waals surface area contributed by atoms with Gasteiger partial charge in [0.2, 0.25) is 0 Å². The lowest BCUT2D eigenvalue weighted by Crippen LogP contribution is -2.51. The van der Waals surface area contributed by atoms with Crippen molar-refractivity contribution in [2.75, 3.05) is 11.5 Å². The van der Waals surface area contributed by atoms with Gasteiger partial charge in [0.15, 0.2) is 0 Å². The minimum Gasteiger partial charge on any atom is -0.193 e. The van der Waals surface area contributed by atoms with Gasteiger partial charge in [0.25, 0.3) is 0 Å². The van der Waals surface area contributed by atoms with Crippen LogP contribution in [0.3, 0.4) is 0 Å². The highest BCUT2D eigenvalue weighted by molar-refractivity contribution is 8.03. The van der Waals surface area contributed by atoms with E-state index < -0.39 is 21.8 Å². The molecule has 0 amide bonds. The topological polar surface area (TPSA) is 0 Å². The Morgan fingerprint density at radius 2 is 1.77 bits per heavy atom. The molecule has 76 valence electrons. The maximum atomic E-state index is 12.6. The van der Waals surface area contributed by atoms with Crippen LogP contribution in [0.4, 0.5) is 17.6 Å². The van der Waals surface area contributed by atoms with Gasteiger partial charge in [-0.2, -0.15) is 30.2 Å². The van der Waals surface area contributed by atoms with Gasteiger partial charge < -0.3 is 0 Å². The van der Waals surface area contributed by atoms with Crippen molar-refractivity contribution in [1.82, 2.24) is 0 Å². The molecule has 0 saturated heterocycles. The van der Waals surface area contributed by atoms with Crippen LogP contribution >= 0.6 is 36.0 Å². The zero-order chi connectivity index (χ0) is 10.3. The fourth-order valence-electron chi connectivity index (χ4n) is 0.800. The third-order valence-corrected chi connectivity index (χ3v) is 3.71. The van der Waals surface area contributed by atoms with Crippen LogP contribution in [-0.2, 0) is 0 Å². The predicted octanol–water partition coefficient (Wildman–Crippen LogP) is 3.38. The molecule has 0 aromatic carbocycles. The Bertz CT molecular complexity index is 251. The molecule has 0 bridgehead atoms. The molecule has 0 atom stereocenters. The average molecular weight is 253 g/mol. The molecule has 0 unspecified atom stereocenters. The van der Waals surface area contributed by atoms with Gasteiger partial charge in [0, 0.05) is 5.75 Å². The van der Waals surface area contributed by atoms with Crippen LogP contribution in [0.25, 0.3) is 0 Å². The van der Waals surface area contributed by atoms with E-state index in [1.165, 1.54) is 0 Å². The largest absolute Gasteiger partial charge is 0.351 e. The summed E-state index contributed by atoms with van der Waals surface area (Å²) in [6.45, 7) is 0. The van der Waals surface area contributed by atoms with Crippen LogP contribution in [-0.4, -0.2) is 23.4 Å². The highest BCUT2D eigenvalue weighted by Crippen LogP contribution is 2.60. The zero-order valence-electron chi connectivity index (χ0n) is 6.16. The van der Waals surface area contributed by atoms with Crippen LogP contribution in [0.2, 0.25) is 0 Å². The lowest BCUT2D eigenvalue weighted by molar-refractivity contribution is -0.177. The van der Waals surface area contributed by atoms with E-state index >= 15 is 0 Å². The summed E-state index contributed by atoms with van der Waals surface area (Å²) in [4.78, 5) is -0.729. The summed E-state index contributed by atoms with van der Waals surface area (Å²) in [5, 5.41) is -1.04. The second kappa shape index (κ2) is 3.55. The normalized spacial score (nSPS) is 24.5. The minimum absolute atomic E-state index is 0.236. The highest BCUT2D eigenvalue weighted by atomic mass is 35.5. The van der Waals surface area contributed by atoms with Gasteiger partial charge in [0.1, 0.15) is 5.03 Å². The maximum Gasteiger partial charge on any atom is 0.351 e. The first-order valence-electron chi connectivity index (χ1n) is 3.25. The molecule has 0 aromatic heterocycles. The first kappa shape index (κ1) is 11.5. The number of thiol groups is 1. The quantitative estimate of drug-likeness (QED) is 0.594.